The van der Waals surface area contributed by atoms with E-state index in [9.17, 15) is 0 Å². The van der Waals surface area contributed by atoms with E-state index in [-0.39, 0.29) is 0 Å². The SMILES string of the molecule is CC/C=C1/C(C)=CC(Cl)=CC1=NC. The highest BCUT2D eigenvalue weighted by Crippen LogP contribution is 2.23. The molecule has 0 aromatic carbocycles. The summed E-state index contributed by atoms with van der Waals surface area (Å²) >= 11 is 5.93. The van der Waals surface area contributed by atoms with Crippen molar-refractivity contribution < 1.29 is 0 Å². The molecule has 0 N–H and O–H groups in total. The lowest BCUT2D eigenvalue weighted by molar-refractivity contribution is 1.20. The molecule has 0 aliphatic heterocycles. The fraction of sp³-hybridized carbons (Fsp3) is 0.364. The smallest absolute Gasteiger partial charge is 0.0657 e. The Morgan fingerprint density at radius 2 is 2.15 bits per heavy atom. The molecule has 0 bridgehead atoms. The summed E-state index contributed by atoms with van der Waals surface area (Å²) < 4.78 is 0. The summed E-state index contributed by atoms with van der Waals surface area (Å²) in [6.07, 6.45) is 7.06. The largest absolute Gasteiger partial charge is 0.288 e. The van der Waals surface area contributed by atoms with Crippen LogP contribution in [0, 0.1) is 0 Å². The molecular weight excluding hydrogens is 182 g/mol. The zero-order valence-corrected chi connectivity index (χ0v) is 9.02. The fourth-order valence-corrected chi connectivity index (χ4v) is 1.66. The third-order valence-corrected chi connectivity index (χ3v) is 2.20. The second-order valence-electron chi connectivity index (χ2n) is 2.99. The van der Waals surface area contributed by atoms with Gasteiger partial charge in [-0.3, -0.25) is 4.99 Å². The summed E-state index contributed by atoms with van der Waals surface area (Å²) in [5.41, 5.74) is 3.37. The summed E-state index contributed by atoms with van der Waals surface area (Å²) in [4.78, 5) is 4.20. The maximum Gasteiger partial charge on any atom is 0.0657 e. The first-order chi connectivity index (χ1) is 6.19. The molecule has 2 heteroatoms. The molecule has 0 amide bonds. The quantitative estimate of drug-likeness (QED) is 0.608. The number of rotatable bonds is 1. The molecule has 0 radical (unpaired) electrons. The van der Waals surface area contributed by atoms with E-state index in [2.05, 4.69) is 24.9 Å². The van der Waals surface area contributed by atoms with Crippen molar-refractivity contribution in [3.05, 3.63) is 34.4 Å². The van der Waals surface area contributed by atoms with Crippen molar-refractivity contribution in [2.75, 3.05) is 7.05 Å². The average Bonchev–Trinajstić information content (AvgIpc) is 2.09. The summed E-state index contributed by atoms with van der Waals surface area (Å²) in [5, 5.41) is 0.756. The highest BCUT2D eigenvalue weighted by atomic mass is 35.5. The number of allylic oxidation sites excluding steroid dienone is 6. The molecule has 0 aromatic rings. The summed E-state index contributed by atoms with van der Waals surface area (Å²) in [6, 6.07) is 0. The van der Waals surface area contributed by atoms with Gasteiger partial charge in [0.2, 0.25) is 0 Å². The van der Waals surface area contributed by atoms with Gasteiger partial charge in [0.1, 0.15) is 0 Å². The van der Waals surface area contributed by atoms with Gasteiger partial charge in [0.15, 0.2) is 0 Å². The molecule has 0 aromatic heterocycles. The van der Waals surface area contributed by atoms with Gasteiger partial charge >= 0.3 is 0 Å². The summed E-state index contributed by atoms with van der Waals surface area (Å²) in [5.74, 6) is 0. The Hall–Kier alpha value is -0.820. The van der Waals surface area contributed by atoms with Crippen LogP contribution in [0.2, 0.25) is 0 Å². The van der Waals surface area contributed by atoms with Gasteiger partial charge in [0, 0.05) is 12.1 Å². The monoisotopic (exact) mass is 195 g/mol. The van der Waals surface area contributed by atoms with E-state index >= 15 is 0 Å². The first kappa shape index (κ1) is 10.3. The first-order valence-corrected chi connectivity index (χ1v) is 4.80. The van der Waals surface area contributed by atoms with Crippen molar-refractivity contribution in [2.24, 2.45) is 4.99 Å². The molecular formula is C11H14ClN. The molecule has 0 saturated heterocycles. The molecule has 0 spiro atoms. The lowest BCUT2D eigenvalue weighted by Gasteiger charge is -2.13. The Morgan fingerprint density at radius 3 is 2.69 bits per heavy atom. The number of hydrogen-bond acceptors (Lipinski definition) is 1. The second kappa shape index (κ2) is 4.43. The van der Waals surface area contributed by atoms with Crippen molar-refractivity contribution in [1.82, 2.24) is 0 Å². The highest BCUT2D eigenvalue weighted by molar-refractivity contribution is 6.35. The molecule has 70 valence electrons. The third kappa shape index (κ3) is 2.31. The number of nitrogens with zero attached hydrogens (tertiary/aromatic N) is 1. The van der Waals surface area contributed by atoms with Crippen LogP contribution in [-0.4, -0.2) is 12.8 Å². The van der Waals surface area contributed by atoms with Crippen molar-refractivity contribution in [3.8, 4) is 0 Å². The number of aliphatic imine (C=N–C) groups is 1. The van der Waals surface area contributed by atoms with E-state index in [4.69, 9.17) is 11.6 Å². The Kier molecular flexibility index (Phi) is 3.49. The predicted octanol–water partition coefficient (Wildman–Crippen LogP) is 3.48. The summed E-state index contributed by atoms with van der Waals surface area (Å²) in [7, 11) is 1.79. The molecule has 1 rings (SSSR count). The van der Waals surface area contributed by atoms with Gasteiger partial charge in [0.05, 0.1) is 5.71 Å². The molecule has 0 heterocycles. The molecule has 13 heavy (non-hydrogen) atoms. The van der Waals surface area contributed by atoms with E-state index in [1.165, 1.54) is 11.1 Å². The topological polar surface area (TPSA) is 12.4 Å². The zero-order valence-electron chi connectivity index (χ0n) is 8.26. The maximum atomic E-state index is 5.93. The lowest BCUT2D eigenvalue weighted by Crippen LogP contribution is -2.05. The molecule has 0 atom stereocenters. The molecule has 1 aliphatic carbocycles. The normalized spacial score (nSPS) is 23.4. The van der Waals surface area contributed by atoms with Gasteiger partial charge in [-0.25, -0.2) is 0 Å². The van der Waals surface area contributed by atoms with Crippen molar-refractivity contribution >= 4 is 17.3 Å². The van der Waals surface area contributed by atoms with E-state index in [1.807, 2.05) is 12.2 Å². The summed E-state index contributed by atoms with van der Waals surface area (Å²) in [6.45, 7) is 4.18. The van der Waals surface area contributed by atoms with E-state index < -0.39 is 0 Å². The van der Waals surface area contributed by atoms with Crippen molar-refractivity contribution in [2.45, 2.75) is 20.3 Å². The Labute approximate surface area is 84.5 Å². The van der Waals surface area contributed by atoms with Gasteiger partial charge < -0.3 is 0 Å². The van der Waals surface area contributed by atoms with Crippen LogP contribution in [0.5, 0.6) is 0 Å². The zero-order chi connectivity index (χ0) is 9.84. The predicted molar refractivity (Wildman–Crippen MR) is 59.4 cm³/mol. The Balaban J connectivity index is 3.12. The van der Waals surface area contributed by atoms with E-state index in [1.54, 1.807) is 7.05 Å². The molecule has 0 saturated carbocycles. The van der Waals surface area contributed by atoms with Crippen LogP contribution in [0.15, 0.2) is 39.4 Å². The van der Waals surface area contributed by atoms with Crippen LogP contribution in [0.25, 0.3) is 0 Å². The Bertz CT molecular complexity index is 319. The van der Waals surface area contributed by atoms with Gasteiger partial charge in [-0.15, -0.1) is 0 Å². The maximum absolute atomic E-state index is 5.93. The van der Waals surface area contributed by atoms with Gasteiger partial charge in [-0.1, -0.05) is 24.6 Å². The van der Waals surface area contributed by atoms with Gasteiger partial charge in [-0.05, 0) is 36.6 Å². The van der Waals surface area contributed by atoms with E-state index in [0.717, 1.165) is 17.2 Å². The molecule has 1 nitrogen and oxygen atoms in total. The van der Waals surface area contributed by atoms with Crippen molar-refractivity contribution in [1.29, 1.82) is 0 Å². The van der Waals surface area contributed by atoms with Crippen molar-refractivity contribution in [3.63, 3.8) is 0 Å². The highest BCUT2D eigenvalue weighted by Gasteiger charge is 2.11. The molecule has 0 unspecified atom stereocenters. The van der Waals surface area contributed by atoms with Gasteiger partial charge in [0.25, 0.3) is 0 Å². The minimum absolute atomic E-state index is 0.756. The minimum atomic E-state index is 0.756. The van der Waals surface area contributed by atoms with Crippen LogP contribution in [0.1, 0.15) is 20.3 Å². The van der Waals surface area contributed by atoms with E-state index in [0.29, 0.717) is 0 Å². The van der Waals surface area contributed by atoms with Crippen LogP contribution in [0.4, 0.5) is 0 Å². The molecule has 0 fully saturated rings. The van der Waals surface area contributed by atoms with Crippen LogP contribution in [-0.2, 0) is 0 Å². The first-order valence-electron chi connectivity index (χ1n) is 4.42. The van der Waals surface area contributed by atoms with Crippen LogP contribution < -0.4 is 0 Å². The number of hydrogen-bond donors (Lipinski definition) is 0. The average molecular weight is 196 g/mol. The third-order valence-electron chi connectivity index (χ3n) is 1.98. The van der Waals surface area contributed by atoms with Gasteiger partial charge in [-0.2, -0.15) is 0 Å². The Morgan fingerprint density at radius 1 is 1.46 bits per heavy atom. The standard InChI is InChI=1S/C11H14ClN/c1-4-5-10-8(2)6-9(12)7-11(10)13-3/h5-7H,4H2,1-3H3/b10-5-,13-11?. The molecule has 1 aliphatic rings. The lowest BCUT2D eigenvalue weighted by atomic mass is 9.96. The number of halogens is 1. The minimum Gasteiger partial charge on any atom is -0.288 e. The van der Waals surface area contributed by atoms with Crippen LogP contribution in [0.3, 0.4) is 0 Å². The fourth-order valence-electron chi connectivity index (χ4n) is 1.39. The van der Waals surface area contributed by atoms with Crippen LogP contribution >= 0.6 is 11.6 Å². The second-order valence-corrected chi connectivity index (χ2v) is 3.43.